The highest BCUT2D eigenvalue weighted by Gasteiger charge is 2.42. The first-order chi connectivity index (χ1) is 12.5. The molecule has 26 heavy (non-hydrogen) atoms. The van der Waals surface area contributed by atoms with Crippen LogP contribution in [0.25, 0.3) is 0 Å². The molecule has 2 aliphatic rings. The van der Waals surface area contributed by atoms with Crippen LogP contribution in [0.4, 0.5) is 10.1 Å². The molecule has 2 saturated heterocycles. The lowest BCUT2D eigenvalue weighted by molar-refractivity contribution is -0.149. The van der Waals surface area contributed by atoms with Crippen molar-refractivity contribution in [1.82, 2.24) is 4.90 Å². The van der Waals surface area contributed by atoms with Crippen molar-refractivity contribution < 1.29 is 18.7 Å². The number of carbonyl (C=O) groups is 2. The zero-order valence-corrected chi connectivity index (χ0v) is 14.9. The molecule has 3 rings (SSSR count). The van der Waals surface area contributed by atoms with Crippen LogP contribution < -0.4 is 11.1 Å². The molecular formula is C19H26FN3O3. The van der Waals surface area contributed by atoms with Gasteiger partial charge in [-0.15, -0.1) is 0 Å². The van der Waals surface area contributed by atoms with Crippen LogP contribution in [0.3, 0.4) is 0 Å². The van der Waals surface area contributed by atoms with Gasteiger partial charge in [0.25, 0.3) is 0 Å². The van der Waals surface area contributed by atoms with E-state index < -0.39 is 5.41 Å². The van der Waals surface area contributed by atoms with Crippen molar-refractivity contribution in [1.29, 1.82) is 0 Å². The summed E-state index contributed by atoms with van der Waals surface area (Å²) in [5.74, 6) is -0.464. The lowest BCUT2D eigenvalue weighted by Crippen LogP contribution is -2.53. The SMILES string of the molecule is NCC1(C(=O)N2CCC(C(=O)Nc3ccc(F)cc3)CC2)CCOCC1. The van der Waals surface area contributed by atoms with Crippen LogP contribution in [0.15, 0.2) is 24.3 Å². The van der Waals surface area contributed by atoms with E-state index in [1.54, 1.807) is 12.1 Å². The molecule has 2 fully saturated rings. The highest BCUT2D eigenvalue weighted by atomic mass is 19.1. The van der Waals surface area contributed by atoms with Gasteiger partial charge in [0, 0.05) is 44.5 Å². The third-order valence-corrected chi connectivity index (χ3v) is 5.56. The second-order valence-electron chi connectivity index (χ2n) is 7.16. The molecule has 0 atom stereocenters. The predicted molar refractivity (Wildman–Crippen MR) is 95.9 cm³/mol. The van der Waals surface area contributed by atoms with Crippen molar-refractivity contribution in [3.05, 3.63) is 30.1 Å². The second-order valence-corrected chi connectivity index (χ2v) is 7.16. The monoisotopic (exact) mass is 363 g/mol. The number of nitrogens with two attached hydrogens (primary N) is 1. The fourth-order valence-corrected chi connectivity index (χ4v) is 3.73. The Morgan fingerprint density at radius 3 is 2.38 bits per heavy atom. The van der Waals surface area contributed by atoms with Crippen molar-refractivity contribution >= 4 is 17.5 Å². The Bertz CT molecular complexity index is 636. The first-order valence-corrected chi connectivity index (χ1v) is 9.18. The number of ether oxygens (including phenoxy) is 1. The molecule has 0 spiro atoms. The number of piperidine rings is 1. The van der Waals surface area contributed by atoms with Gasteiger partial charge in [-0.05, 0) is 49.9 Å². The molecule has 2 aliphatic heterocycles. The fourth-order valence-electron chi connectivity index (χ4n) is 3.73. The Morgan fingerprint density at radius 1 is 1.19 bits per heavy atom. The number of benzene rings is 1. The maximum atomic E-state index is 13.0. The van der Waals surface area contributed by atoms with E-state index in [0.717, 1.165) is 0 Å². The van der Waals surface area contributed by atoms with E-state index in [9.17, 15) is 14.0 Å². The van der Waals surface area contributed by atoms with Crippen LogP contribution in [0, 0.1) is 17.2 Å². The summed E-state index contributed by atoms with van der Waals surface area (Å²) in [6.45, 7) is 2.59. The molecule has 0 bridgehead atoms. The van der Waals surface area contributed by atoms with Crippen LogP contribution in [0.2, 0.25) is 0 Å². The van der Waals surface area contributed by atoms with Gasteiger partial charge in [0.1, 0.15) is 5.82 Å². The minimum absolute atomic E-state index is 0.0803. The summed E-state index contributed by atoms with van der Waals surface area (Å²) >= 11 is 0. The van der Waals surface area contributed by atoms with E-state index in [0.29, 0.717) is 64.2 Å². The molecule has 0 aromatic heterocycles. The van der Waals surface area contributed by atoms with Gasteiger partial charge in [-0.25, -0.2) is 4.39 Å². The molecule has 2 heterocycles. The van der Waals surface area contributed by atoms with Gasteiger partial charge in [-0.2, -0.15) is 0 Å². The molecule has 2 amide bonds. The Morgan fingerprint density at radius 2 is 1.81 bits per heavy atom. The van der Waals surface area contributed by atoms with Gasteiger partial charge in [-0.1, -0.05) is 0 Å². The quantitative estimate of drug-likeness (QED) is 0.854. The number of anilines is 1. The lowest BCUT2D eigenvalue weighted by Gasteiger charge is -2.41. The number of amides is 2. The van der Waals surface area contributed by atoms with Crippen LogP contribution in [0.1, 0.15) is 25.7 Å². The minimum atomic E-state index is -0.512. The summed E-state index contributed by atoms with van der Waals surface area (Å²) in [5, 5.41) is 2.82. The minimum Gasteiger partial charge on any atom is -0.381 e. The molecule has 0 aliphatic carbocycles. The van der Waals surface area contributed by atoms with Gasteiger partial charge in [-0.3, -0.25) is 9.59 Å². The van der Waals surface area contributed by atoms with Gasteiger partial charge < -0.3 is 20.7 Å². The highest BCUT2D eigenvalue weighted by molar-refractivity contribution is 5.92. The number of hydrogen-bond donors (Lipinski definition) is 2. The summed E-state index contributed by atoms with van der Waals surface area (Å²) < 4.78 is 18.3. The van der Waals surface area contributed by atoms with E-state index in [1.807, 2.05) is 4.90 Å². The number of carbonyl (C=O) groups excluding carboxylic acids is 2. The highest BCUT2D eigenvalue weighted by Crippen LogP contribution is 2.33. The number of hydrogen-bond acceptors (Lipinski definition) is 4. The first-order valence-electron chi connectivity index (χ1n) is 9.18. The lowest BCUT2D eigenvalue weighted by atomic mass is 9.78. The molecule has 6 nitrogen and oxygen atoms in total. The number of likely N-dealkylation sites (tertiary alicyclic amines) is 1. The maximum absolute atomic E-state index is 13.0. The molecule has 3 N–H and O–H groups in total. The van der Waals surface area contributed by atoms with Gasteiger partial charge in [0.2, 0.25) is 11.8 Å². The maximum Gasteiger partial charge on any atom is 0.230 e. The third-order valence-electron chi connectivity index (χ3n) is 5.56. The Hall–Kier alpha value is -1.99. The van der Waals surface area contributed by atoms with Crippen LogP contribution in [-0.4, -0.2) is 49.6 Å². The number of halogens is 1. The van der Waals surface area contributed by atoms with Crippen LogP contribution in [-0.2, 0) is 14.3 Å². The molecule has 0 saturated carbocycles. The van der Waals surface area contributed by atoms with Crippen LogP contribution >= 0.6 is 0 Å². The van der Waals surface area contributed by atoms with Gasteiger partial charge in [0.05, 0.1) is 5.41 Å². The van der Waals surface area contributed by atoms with E-state index in [4.69, 9.17) is 10.5 Å². The normalized spacial score (nSPS) is 20.6. The number of nitrogens with one attached hydrogen (secondary N) is 1. The third kappa shape index (κ3) is 4.04. The molecule has 7 heteroatoms. The van der Waals surface area contributed by atoms with E-state index >= 15 is 0 Å². The smallest absolute Gasteiger partial charge is 0.230 e. The van der Waals surface area contributed by atoms with Crippen molar-refractivity contribution in [3.8, 4) is 0 Å². The predicted octanol–water partition coefficient (Wildman–Crippen LogP) is 1.76. The fraction of sp³-hybridized carbons (Fsp3) is 0.579. The number of nitrogens with zero attached hydrogens (tertiary/aromatic N) is 1. The number of rotatable bonds is 4. The molecule has 1 aromatic rings. The second kappa shape index (κ2) is 8.14. The summed E-state index contributed by atoms with van der Waals surface area (Å²) in [6, 6.07) is 5.72. The average molecular weight is 363 g/mol. The zero-order chi connectivity index (χ0) is 18.6. The topological polar surface area (TPSA) is 84.7 Å². The van der Waals surface area contributed by atoms with E-state index in [-0.39, 0.29) is 23.5 Å². The van der Waals surface area contributed by atoms with Crippen molar-refractivity contribution in [2.24, 2.45) is 17.1 Å². The summed E-state index contributed by atoms with van der Waals surface area (Å²) in [7, 11) is 0. The van der Waals surface area contributed by atoms with Crippen molar-refractivity contribution in [3.63, 3.8) is 0 Å². The van der Waals surface area contributed by atoms with Crippen LogP contribution in [0.5, 0.6) is 0 Å². The van der Waals surface area contributed by atoms with E-state index in [1.165, 1.54) is 12.1 Å². The molecule has 0 unspecified atom stereocenters. The Kier molecular flexibility index (Phi) is 5.88. The van der Waals surface area contributed by atoms with Gasteiger partial charge >= 0.3 is 0 Å². The Balaban J connectivity index is 1.54. The summed E-state index contributed by atoms with van der Waals surface area (Å²) in [4.78, 5) is 27.2. The molecule has 1 aromatic carbocycles. The van der Waals surface area contributed by atoms with Gasteiger partial charge in [0.15, 0.2) is 0 Å². The molecular weight excluding hydrogens is 337 g/mol. The Labute approximate surface area is 152 Å². The molecule has 142 valence electrons. The van der Waals surface area contributed by atoms with Crippen molar-refractivity contribution in [2.75, 3.05) is 38.2 Å². The van der Waals surface area contributed by atoms with E-state index in [2.05, 4.69) is 5.32 Å². The largest absolute Gasteiger partial charge is 0.381 e. The molecule has 0 radical (unpaired) electrons. The zero-order valence-electron chi connectivity index (χ0n) is 14.9. The average Bonchev–Trinajstić information content (AvgIpc) is 2.69. The first kappa shape index (κ1) is 18.8. The summed E-state index contributed by atoms with van der Waals surface area (Å²) in [6.07, 6.45) is 2.56. The van der Waals surface area contributed by atoms with Crippen molar-refractivity contribution in [2.45, 2.75) is 25.7 Å². The standard InChI is InChI=1S/C19H26FN3O3/c20-15-1-3-16(4-2-15)22-17(24)14-5-9-23(10-6-14)18(25)19(13-21)7-11-26-12-8-19/h1-4,14H,5-13,21H2,(H,22,24). The summed E-state index contributed by atoms with van der Waals surface area (Å²) in [5.41, 5.74) is 5.99.